The molecule has 1 aliphatic rings. The summed E-state index contributed by atoms with van der Waals surface area (Å²) in [7, 11) is 1.71. The molecule has 0 unspecified atom stereocenters. The van der Waals surface area contributed by atoms with Gasteiger partial charge in [0, 0.05) is 13.1 Å². The van der Waals surface area contributed by atoms with Gasteiger partial charge >= 0.3 is 0 Å². The predicted octanol–water partition coefficient (Wildman–Crippen LogP) is 4.18. The van der Waals surface area contributed by atoms with Crippen LogP contribution < -0.4 is 4.74 Å². The van der Waals surface area contributed by atoms with Gasteiger partial charge in [0.15, 0.2) is 0 Å². The number of methoxy groups -OCH3 is 1. The third kappa shape index (κ3) is 4.53. The maximum Gasteiger partial charge on any atom is 0.118 e. The molecule has 108 valence electrons. The maximum absolute atomic E-state index is 5.20. The SMILES string of the molecule is CCN(CCC1=CCCC=C1)Cc1ccc(OC)cc1. The van der Waals surface area contributed by atoms with Crippen molar-refractivity contribution >= 4 is 0 Å². The van der Waals surface area contributed by atoms with E-state index in [9.17, 15) is 0 Å². The molecule has 0 aliphatic heterocycles. The summed E-state index contributed by atoms with van der Waals surface area (Å²) >= 11 is 0. The second kappa shape index (κ2) is 7.91. The predicted molar refractivity (Wildman–Crippen MR) is 85.0 cm³/mol. The molecule has 1 aromatic rings. The first kappa shape index (κ1) is 14.9. The average Bonchev–Trinajstić information content (AvgIpc) is 2.53. The van der Waals surface area contributed by atoms with Crippen LogP contribution in [0.15, 0.2) is 48.1 Å². The third-order valence-corrected chi connectivity index (χ3v) is 3.80. The molecular formula is C18H25NO. The fourth-order valence-corrected chi connectivity index (χ4v) is 2.48. The van der Waals surface area contributed by atoms with Crippen LogP contribution in [0.1, 0.15) is 31.7 Å². The van der Waals surface area contributed by atoms with E-state index in [0.29, 0.717) is 0 Å². The van der Waals surface area contributed by atoms with Crippen LogP contribution in [-0.2, 0) is 6.54 Å². The van der Waals surface area contributed by atoms with Crippen molar-refractivity contribution in [3.8, 4) is 5.75 Å². The van der Waals surface area contributed by atoms with Crippen molar-refractivity contribution in [2.24, 2.45) is 0 Å². The Labute approximate surface area is 122 Å². The Morgan fingerprint density at radius 2 is 1.95 bits per heavy atom. The van der Waals surface area contributed by atoms with Crippen LogP contribution >= 0.6 is 0 Å². The molecule has 0 N–H and O–H groups in total. The number of allylic oxidation sites excluding steroid dienone is 3. The molecule has 20 heavy (non-hydrogen) atoms. The molecule has 2 heteroatoms. The summed E-state index contributed by atoms with van der Waals surface area (Å²) in [5.74, 6) is 0.925. The van der Waals surface area contributed by atoms with E-state index in [1.54, 1.807) is 7.11 Å². The maximum atomic E-state index is 5.20. The van der Waals surface area contributed by atoms with Gasteiger partial charge in [0.25, 0.3) is 0 Å². The minimum atomic E-state index is 0.925. The highest BCUT2D eigenvalue weighted by atomic mass is 16.5. The van der Waals surface area contributed by atoms with Gasteiger partial charge in [-0.05, 0) is 43.5 Å². The number of benzene rings is 1. The molecule has 1 aliphatic carbocycles. The smallest absolute Gasteiger partial charge is 0.118 e. The zero-order valence-corrected chi connectivity index (χ0v) is 12.6. The fourth-order valence-electron chi connectivity index (χ4n) is 2.48. The van der Waals surface area contributed by atoms with E-state index in [1.165, 1.54) is 24.0 Å². The van der Waals surface area contributed by atoms with Crippen LogP contribution in [0.5, 0.6) is 5.75 Å². The Kier molecular flexibility index (Phi) is 5.87. The first-order valence-electron chi connectivity index (χ1n) is 7.52. The van der Waals surface area contributed by atoms with Gasteiger partial charge in [-0.3, -0.25) is 4.90 Å². The normalized spacial score (nSPS) is 14.4. The van der Waals surface area contributed by atoms with E-state index < -0.39 is 0 Å². The molecule has 0 aromatic heterocycles. The molecule has 0 heterocycles. The Morgan fingerprint density at radius 1 is 1.15 bits per heavy atom. The number of hydrogen-bond donors (Lipinski definition) is 0. The molecule has 0 radical (unpaired) electrons. The van der Waals surface area contributed by atoms with Crippen molar-refractivity contribution in [2.45, 2.75) is 32.7 Å². The van der Waals surface area contributed by atoms with Crippen LogP contribution in [-0.4, -0.2) is 25.1 Å². The van der Waals surface area contributed by atoms with E-state index in [1.807, 2.05) is 12.1 Å². The van der Waals surface area contributed by atoms with E-state index in [4.69, 9.17) is 4.74 Å². The lowest BCUT2D eigenvalue weighted by atomic mass is 10.0. The van der Waals surface area contributed by atoms with E-state index in [2.05, 4.69) is 42.2 Å². The molecule has 0 saturated heterocycles. The lowest BCUT2D eigenvalue weighted by molar-refractivity contribution is 0.284. The lowest BCUT2D eigenvalue weighted by Gasteiger charge is -2.21. The number of rotatable bonds is 7. The highest BCUT2D eigenvalue weighted by molar-refractivity contribution is 5.27. The highest BCUT2D eigenvalue weighted by Crippen LogP contribution is 2.16. The standard InChI is InChI=1S/C18H25NO/c1-3-19(14-13-16-7-5-4-6-8-16)15-17-9-11-18(20-2)12-10-17/h5,7-12H,3-4,6,13-15H2,1-2H3. The van der Waals surface area contributed by atoms with E-state index >= 15 is 0 Å². The van der Waals surface area contributed by atoms with Gasteiger partial charge in [-0.2, -0.15) is 0 Å². The van der Waals surface area contributed by atoms with Crippen LogP contribution in [0.2, 0.25) is 0 Å². The largest absolute Gasteiger partial charge is 0.497 e. The van der Waals surface area contributed by atoms with Gasteiger partial charge in [-0.1, -0.05) is 42.9 Å². The summed E-state index contributed by atoms with van der Waals surface area (Å²) in [6.07, 6.45) is 10.5. The van der Waals surface area contributed by atoms with Crippen molar-refractivity contribution in [1.29, 1.82) is 0 Å². The Bertz CT molecular complexity index is 459. The molecule has 0 fully saturated rings. The molecule has 0 atom stereocenters. The van der Waals surface area contributed by atoms with Crippen LogP contribution in [0, 0.1) is 0 Å². The first-order chi connectivity index (χ1) is 9.81. The van der Waals surface area contributed by atoms with Crippen LogP contribution in [0.4, 0.5) is 0 Å². The second-order valence-electron chi connectivity index (χ2n) is 5.23. The molecule has 0 bridgehead atoms. The second-order valence-corrected chi connectivity index (χ2v) is 5.23. The Morgan fingerprint density at radius 3 is 2.55 bits per heavy atom. The van der Waals surface area contributed by atoms with Gasteiger partial charge < -0.3 is 4.74 Å². The van der Waals surface area contributed by atoms with Crippen molar-refractivity contribution < 1.29 is 4.74 Å². The van der Waals surface area contributed by atoms with Gasteiger partial charge in [0.2, 0.25) is 0 Å². The molecule has 1 aromatic carbocycles. The highest BCUT2D eigenvalue weighted by Gasteiger charge is 2.06. The number of nitrogens with zero attached hydrogens (tertiary/aromatic N) is 1. The summed E-state index contributed by atoms with van der Waals surface area (Å²) in [6, 6.07) is 8.38. The summed E-state index contributed by atoms with van der Waals surface area (Å²) in [6.45, 7) is 5.45. The molecule has 2 nitrogen and oxygen atoms in total. The average molecular weight is 271 g/mol. The van der Waals surface area contributed by atoms with E-state index in [-0.39, 0.29) is 0 Å². The Hall–Kier alpha value is -1.54. The summed E-state index contributed by atoms with van der Waals surface area (Å²) < 4.78 is 5.20. The first-order valence-corrected chi connectivity index (χ1v) is 7.52. The van der Waals surface area contributed by atoms with Crippen molar-refractivity contribution in [2.75, 3.05) is 20.2 Å². The molecule has 2 rings (SSSR count). The van der Waals surface area contributed by atoms with Crippen molar-refractivity contribution in [3.63, 3.8) is 0 Å². The molecule has 0 spiro atoms. The minimum Gasteiger partial charge on any atom is -0.497 e. The van der Waals surface area contributed by atoms with Gasteiger partial charge in [-0.15, -0.1) is 0 Å². The van der Waals surface area contributed by atoms with Crippen molar-refractivity contribution in [1.82, 2.24) is 4.90 Å². The van der Waals surface area contributed by atoms with Crippen LogP contribution in [0.25, 0.3) is 0 Å². The molecule has 0 amide bonds. The summed E-state index contributed by atoms with van der Waals surface area (Å²) in [5, 5.41) is 0. The molecule has 0 saturated carbocycles. The minimum absolute atomic E-state index is 0.925. The van der Waals surface area contributed by atoms with E-state index in [0.717, 1.165) is 31.8 Å². The van der Waals surface area contributed by atoms with Crippen molar-refractivity contribution in [3.05, 3.63) is 53.6 Å². The van der Waals surface area contributed by atoms with Crippen LogP contribution in [0.3, 0.4) is 0 Å². The fraction of sp³-hybridized carbons (Fsp3) is 0.444. The number of hydrogen-bond acceptors (Lipinski definition) is 2. The Balaban J connectivity index is 1.84. The quantitative estimate of drug-likeness (QED) is 0.737. The monoisotopic (exact) mass is 271 g/mol. The lowest BCUT2D eigenvalue weighted by Crippen LogP contribution is -2.24. The third-order valence-electron chi connectivity index (χ3n) is 3.80. The van der Waals surface area contributed by atoms with Gasteiger partial charge in [0.05, 0.1) is 7.11 Å². The zero-order valence-electron chi connectivity index (χ0n) is 12.6. The molecular weight excluding hydrogens is 246 g/mol. The van der Waals surface area contributed by atoms with Gasteiger partial charge in [-0.25, -0.2) is 0 Å². The summed E-state index contributed by atoms with van der Waals surface area (Å²) in [4.78, 5) is 2.49. The number of ether oxygens (including phenoxy) is 1. The van der Waals surface area contributed by atoms with Gasteiger partial charge in [0.1, 0.15) is 5.75 Å². The topological polar surface area (TPSA) is 12.5 Å². The zero-order chi connectivity index (χ0) is 14.2. The summed E-state index contributed by atoms with van der Waals surface area (Å²) in [5.41, 5.74) is 2.84.